The second-order valence-electron chi connectivity index (χ2n) is 5.29. The second kappa shape index (κ2) is 8.20. The van der Waals surface area contributed by atoms with E-state index in [0.29, 0.717) is 11.7 Å². The molecule has 1 atom stereocenters. The van der Waals surface area contributed by atoms with Gasteiger partial charge in [-0.15, -0.1) is 0 Å². The molecule has 0 amide bonds. The normalized spacial score (nSPS) is 12.3. The molecule has 0 saturated carbocycles. The van der Waals surface area contributed by atoms with E-state index >= 15 is 0 Å². The van der Waals surface area contributed by atoms with Gasteiger partial charge < -0.3 is 10.4 Å². The highest BCUT2D eigenvalue weighted by molar-refractivity contribution is 9.10. The molecule has 0 spiro atoms. The molecule has 0 aromatic heterocycles. The molecule has 0 heterocycles. The molecule has 2 rings (SSSR count). The zero-order chi connectivity index (χ0) is 15.1. The van der Waals surface area contributed by atoms with Gasteiger partial charge in [-0.2, -0.15) is 0 Å². The van der Waals surface area contributed by atoms with Crippen LogP contribution in [0, 0.1) is 0 Å². The molecule has 21 heavy (non-hydrogen) atoms. The minimum Gasteiger partial charge on any atom is -0.508 e. The van der Waals surface area contributed by atoms with E-state index < -0.39 is 0 Å². The molecule has 0 bridgehead atoms. The van der Waals surface area contributed by atoms with E-state index in [0.717, 1.165) is 30.4 Å². The fourth-order valence-corrected chi connectivity index (χ4v) is 3.08. The Morgan fingerprint density at radius 3 is 2.48 bits per heavy atom. The Morgan fingerprint density at radius 1 is 1.10 bits per heavy atom. The molecule has 3 heteroatoms. The van der Waals surface area contributed by atoms with Gasteiger partial charge in [-0.25, -0.2) is 0 Å². The topological polar surface area (TPSA) is 32.3 Å². The second-order valence-corrected chi connectivity index (χ2v) is 6.15. The zero-order valence-electron chi connectivity index (χ0n) is 12.3. The van der Waals surface area contributed by atoms with E-state index in [1.807, 2.05) is 18.2 Å². The Kier molecular flexibility index (Phi) is 6.27. The van der Waals surface area contributed by atoms with E-state index in [4.69, 9.17) is 0 Å². The van der Waals surface area contributed by atoms with Crippen LogP contribution in [-0.4, -0.2) is 18.2 Å². The van der Waals surface area contributed by atoms with Crippen LogP contribution in [0.5, 0.6) is 5.75 Å². The molecule has 2 N–H and O–H groups in total. The number of hydrogen-bond donors (Lipinski definition) is 2. The van der Waals surface area contributed by atoms with Crippen molar-refractivity contribution in [2.24, 2.45) is 0 Å². The van der Waals surface area contributed by atoms with Gasteiger partial charge in [-0.3, -0.25) is 0 Å². The van der Waals surface area contributed by atoms with Gasteiger partial charge >= 0.3 is 0 Å². The van der Waals surface area contributed by atoms with E-state index in [1.165, 1.54) is 11.1 Å². The number of benzene rings is 2. The maximum atomic E-state index is 9.41. The van der Waals surface area contributed by atoms with Crippen molar-refractivity contribution in [3.63, 3.8) is 0 Å². The van der Waals surface area contributed by atoms with Gasteiger partial charge in [0.05, 0.1) is 0 Å². The average molecular weight is 348 g/mol. The molecular weight excluding hydrogens is 326 g/mol. The van der Waals surface area contributed by atoms with Crippen LogP contribution in [0.1, 0.15) is 30.4 Å². The molecular formula is C18H22BrNO. The summed E-state index contributed by atoms with van der Waals surface area (Å²) in [6.07, 6.45) is 2.10. The van der Waals surface area contributed by atoms with Crippen LogP contribution >= 0.6 is 15.9 Å². The molecule has 0 radical (unpaired) electrons. The van der Waals surface area contributed by atoms with Gasteiger partial charge in [0, 0.05) is 16.9 Å². The summed E-state index contributed by atoms with van der Waals surface area (Å²) in [6, 6.07) is 15.9. The van der Waals surface area contributed by atoms with Crippen molar-refractivity contribution in [2.45, 2.75) is 25.7 Å². The fraction of sp³-hybridized carbons (Fsp3) is 0.333. The number of phenolic OH excluding ortho intramolecular Hbond substituents is 1. The summed E-state index contributed by atoms with van der Waals surface area (Å²) in [5.41, 5.74) is 2.57. The molecule has 0 saturated heterocycles. The smallest absolute Gasteiger partial charge is 0.115 e. The lowest BCUT2D eigenvalue weighted by Gasteiger charge is -2.20. The molecule has 2 nitrogen and oxygen atoms in total. The van der Waals surface area contributed by atoms with Crippen molar-refractivity contribution in [3.8, 4) is 5.75 Å². The van der Waals surface area contributed by atoms with Gasteiger partial charge in [0.25, 0.3) is 0 Å². The summed E-state index contributed by atoms with van der Waals surface area (Å²) in [6.45, 7) is 4.17. The van der Waals surface area contributed by atoms with Crippen LogP contribution in [0.2, 0.25) is 0 Å². The first-order valence-electron chi connectivity index (χ1n) is 7.43. The SMILES string of the molecule is CCCNCC(Cc1ccc(O)cc1)c1ccccc1Br. The largest absolute Gasteiger partial charge is 0.508 e. The summed E-state index contributed by atoms with van der Waals surface area (Å²) >= 11 is 3.66. The molecule has 112 valence electrons. The number of rotatable bonds is 7. The molecule has 0 fully saturated rings. The van der Waals surface area contributed by atoms with Crippen LogP contribution in [0.4, 0.5) is 0 Å². The highest BCUT2D eigenvalue weighted by Gasteiger charge is 2.14. The predicted molar refractivity (Wildman–Crippen MR) is 91.9 cm³/mol. The van der Waals surface area contributed by atoms with Crippen molar-refractivity contribution in [1.29, 1.82) is 0 Å². The minimum absolute atomic E-state index is 0.320. The third kappa shape index (κ3) is 4.87. The van der Waals surface area contributed by atoms with Crippen LogP contribution < -0.4 is 5.32 Å². The quantitative estimate of drug-likeness (QED) is 0.723. The average Bonchev–Trinajstić information content (AvgIpc) is 2.49. The van der Waals surface area contributed by atoms with Crippen molar-refractivity contribution < 1.29 is 5.11 Å². The first-order valence-corrected chi connectivity index (χ1v) is 8.23. The molecule has 0 aliphatic carbocycles. The summed E-state index contributed by atoms with van der Waals surface area (Å²) in [4.78, 5) is 0. The van der Waals surface area contributed by atoms with Gasteiger partial charge in [0.15, 0.2) is 0 Å². The van der Waals surface area contributed by atoms with Crippen LogP contribution in [0.15, 0.2) is 53.0 Å². The van der Waals surface area contributed by atoms with Crippen molar-refractivity contribution in [1.82, 2.24) is 5.32 Å². The molecule has 2 aromatic rings. The van der Waals surface area contributed by atoms with Gasteiger partial charge in [0.1, 0.15) is 5.75 Å². The molecule has 2 aromatic carbocycles. The number of hydrogen-bond acceptors (Lipinski definition) is 2. The Hall–Kier alpha value is -1.32. The zero-order valence-corrected chi connectivity index (χ0v) is 13.9. The van der Waals surface area contributed by atoms with E-state index in [-0.39, 0.29) is 0 Å². The van der Waals surface area contributed by atoms with Gasteiger partial charge in [0.2, 0.25) is 0 Å². The first kappa shape index (κ1) is 16.1. The summed E-state index contributed by atoms with van der Waals surface area (Å²) in [5, 5.41) is 12.9. The maximum Gasteiger partial charge on any atom is 0.115 e. The molecule has 0 aliphatic heterocycles. The highest BCUT2D eigenvalue weighted by Crippen LogP contribution is 2.28. The summed E-state index contributed by atoms with van der Waals surface area (Å²) in [7, 11) is 0. The lowest BCUT2D eigenvalue weighted by Crippen LogP contribution is -2.24. The Morgan fingerprint density at radius 2 is 1.81 bits per heavy atom. The lowest BCUT2D eigenvalue weighted by atomic mass is 9.92. The van der Waals surface area contributed by atoms with Crippen LogP contribution in [-0.2, 0) is 6.42 Å². The Labute approximate surface area is 135 Å². The van der Waals surface area contributed by atoms with Crippen molar-refractivity contribution in [3.05, 3.63) is 64.1 Å². The minimum atomic E-state index is 0.320. The predicted octanol–water partition coefficient (Wildman–Crippen LogP) is 4.48. The van der Waals surface area contributed by atoms with E-state index in [1.54, 1.807) is 12.1 Å². The van der Waals surface area contributed by atoms with E-state index in [9.17, 15) is 5.11 Å². The lowest BCUT2D eigenvalue weighted by molar-refractivity contribution is 0.475. The summed E-state index contributed by atoms with van der Waals surface area (Å²) < 4.78 is 1.16. The van der Waals surface area contributed by atoms with Crippen LogP contribution in [0.25, 0.3) is 0 Å². The van der Waals surface area contributed by atoms with Crippen molar-refractivity contribution in [2.75, 3.05) is 13.1 Å². The fourth-order valence-electron chi connectivity index (χ4n) is 2.47. The van der Waals surface area contributed by atoms with E-state index in [2.05, 4.69) is 46.4 Å². The number of phenols is 1. The Bertz CT molecular complexity index is 553. The Balaban J connectivity index is 2.15. The number of aromatic hydroxyl groups is 1. The first-order chi connectivity index (χ1) is 10.2. The van der Waals surface area contributed by atoms with Crippen LogP contribution in [0.3, 0.4) is 0 Å². The highest BCUT2D eigenvalue weighted by atomic mass is 79.9. The number of nitrogens with one attached hydrogen (secondary N) is 1. The standard InChI is InChI=1S/C18H22BrNO/c1-2-11-20-13-15(17-5-3-4-6-18(17)19)12-14-7-9-16(21)10-8-14/h3-10,15,20-21H,2,11-13H2,1H3. The third-order valence-corrected chi connectivity index (χ3v) is 4.30. The van der Waals surface area contributed by atoms with Gasteiger partial charge in [-0.05, 0) is 48.7 Å². The molecule has 1 unspecified atom stereocenters. The van der Waals surface area contributed by atoms with Gasteiger partial charge in [-0.1, -0.05) is 53.2 Å². The number of halogens is 1. The summed E-state index contributed by atoms with van der Waals surface area (Å²) in [5.74, 6) is 0.733. The van der Waals surface area contributed by atoms with Crippen molar-refractivity contribution >= 4 is 15.9 Å². The monoisotopic (exact) mass is 347 g/mol. The third-order valence-electron chi connectivity index (χ3n) is 3.58. The molecule has 0 aliphatic rings. The maximum absolute atomic E-state index is 9.41.